The first-order chi connectivity index (χ1) is 6.33. The van der Waals surface area contributed by atoms with Crippen LogP contribution in [0.2, 0.25) is 32.7 Å². The summed E-state index contributed by atoms with van der Waals surface area (Å²) in [5, 5.41) is 0. The Labute approximate surface area is 91.2 Å². The summed E-state index contributed by atoms with van der Waals surface area (Å²) in [5.41, 5.74) is 0. The van der Waals surface area contributed by atoms with Crippen LogP contribution in [0, 0.1) is 0 Å². The standard InChI is InChI=1S/C11H26OSi2/c1-13(2,3)14(4,5)12-11-9-7-6-8-10-11/h11H,6-10H2,1-5H3. The highest BCUT2D eigenvalue weighted by atomic mass is 29.3. The predicted octanol–water partition coefficient (Wildman–Crippen LogP) is 3.96. The fourth-order valence-electron chi connectivity index (χ4n) is 1.78. The summed E-state index contributed by atoms with van der Waals surface area (Å²) in [5.74, 6) is 0. The van der Waals surface area contributed by atoms with Gasteiger partial charge in [-0.15, -0.1) is 0 Å². The van der Waals surface area contributed by atoms with Crippen molar-refractivity contribution in [2.75, 3.05) is 0 Å². The van der Waals surface area contributed by atoms with E-state index in [1.165, 1.54) is 32.1 Å². The molecule has 0 bridgehead atoms. The highest BCUT2D eigenvalue weighted by Crippen LogP contribution is 2.27. The molecule has 0 unspecified atom stereocenters. The highest BCUT2D eigenvalue weighted by molar-refractivity contribution is 7.37. The summed E-state index contributed by atoms with van der Waals surface area (Å²) < 4.78 is 6.44. The van der Waals surface area contributed by atoms with E-state index in [4.69, 9.17) is 4.43 Å². The van der Waals surface area contributed by atoms with E-state index in [-0.39, 0.29) is 0 Å². The van der Waals surface area contributed by atoms with Gasteiger partial charge < -0.3 is 4.43 Å². The normalized spacial score (nSPS) is 21.2. The van der Waals surface area contributed by atoms with E-state index in [1.807, 2.05) is 0 Å². The Hall–Kier alpha value is 0.394. The minimum Gasteiger partial charge on any atom is -0.417 e. The monoisotopic (exact) mass is 230 g/mol. The van der Waals surface area contributed by atoms with E-state index in [1.54, 1.807) is 0 Å². The van der Waals surface area contributed by atoms with Crippen LogP contribution in [0.1, 0.15) is 32.1 Å². The van der Waals surface area contributed by atoms with Gasteiger partial charge in [-0.3, -0.25) is 0 Å². The van der Waals surface area contributed by atoms with Gasteiger partial charge in [-0.25, -0.2) is 0 Å². The molecule has 0 N–H and O–H groups in total. The summed E-state index contributed by atoms with van der Waals surface area (Å²) in [6.07, 6.45) is 7.45. The zero-order valence-electron chi connectivity index (χ0n) is 10.5. The first-order valence-corrected chi connectivity index (χ1v) is 13.4. The molecule has 84 valence electrons. The second kappa shape index (κ2) is 4.50. The van der Waals surface area contributed by atoms with Crippen molar-refractivity contribution in [1.29, 1.82) is 0 Å². The van der Waals surface area contributed by atoms with E-state index in [0.29, 0.717) is 6.10 Å². The van der Waals surface area contributed by atoms with Crippen LogP contribution in [0.3, 0.4) is 0 Å². The van der Waals surface area contributed by atoms with Crippen molar-refractivity contribution in [2.45, 2.75) is 70.9 Å². The summed E-state index contributed by atoms with van der Waals surface area (Å²) in [6.45, 7) is 12.2. The van der Waals surface area contributed by atoms with Gasteiger partial charge in [0.05, 0.1) is 7.59 Å². The van der Waals surface area contributed by atoms with Crippen LogP contribution < -0.4 is 0 Å². The Morgan fingerprint density at radius 3 is 1.79 bits per heavy atom. The third kappa shape index (κ3) is 3.21. The van der Waals surface area contributed by atoms with Gasteiger partial charge in [0.1, 0.15) is 0 Å². The molecule has 0 radical (unpaired) electrons. The minimum absolute atomic E-state index is 0.608. The lowest BCUT2D eigenvalue weighted by atomic mass is 9.98. The highest BCUT2D eigenvalue weighted by Gasteiger charge is 2.40. The smallest absolute Gasteiger partial charge is 0.173 e. The maximum Gasteiger partial charge on any atom is 0.173 e. The zero-order chi connectivity index (χ0) is 10.8. The van der Waals surface area contributed by atoms with Gasteiger partial charge in [0.25, 0.3) is 0 Å². The van der Waals surface area contributed by atoms with Crippen molar-refractivity contribution in [1.82, 2.24) is 0 Å². The molecular weight excluding hydrogens is 204 g/mol. The average molecular weight is 230 g/mol. The molecule has 1 aliphatic rings. The summed E-state index contributed by atoms with van der Waals surface area (Å²) in [7, 11) is -2.41. The van der Waals surface area contributed by atoms with E-state index in [0.717, 1.165) is 0 Å². The second-order valence-corrected chi connectivity index (χ2v) is 22.0. The number of rotatable bonds is 3. The van der Waals surface area contributed by atoms with Gasteiger partial charge >= 0.3 is 0 Å². The van der Waals surface area contributed by atoms with E-state index in [9.17, 15) is 0 Å². The van der Waals surface area contributed by atoms with Crippen molar-refractivity contribution in [3.63, 3.8) is 0 Å². The van der Waals surface area contributed by atoms with E-state index < -0.39 is 15.4 Å². The second-order valence-electron chi connectivity index (χ2n) is 6.14. The van der Waals surface area contributed by atoms with Crippen molar-refractivity contribution < 1.29 is 4.43 Å². The van der Waals surface area contributed by atoms with Gasteiger partial charge in [0.2, 0.25) is 0 Å². The molecule has 0 saturated heterocycles. The SMILES string of the molecule is C[Si](C)(C)[Si](C)(C)OC1CCCCC1. The average Bonchev–Trinajstić information content (AvgIpc) is 2.03. The Bertz CT molecular complexity index is 178. The fraction of sp³-hybridized carbons (Fsp3) is 1.00. The lowest BCUT2D eigenvalue weighted by Crippen LogP contribution is -2.56. The van der Waals surface area contributed by atoms with Crippen LogP contribution in [0.15, 0.2) is 0 Å². The van der Waals surface area contributed by atoms with Crippen LogP contribution in [-0.4, -0.2) is 21.5 Å². The quantitative estimate of drug-likeness (QED) is 0.667. The van der Waals surface area contributed by atoms with Gasteiger partial charge in [-0.1, -0.05) is 38.9 Å². The minimum atomic E-state index is -1.35. The van der Waals surface area contributed by atoms with Crippen LogP contribution in [0.4, 0.5) is 0 Å². The fourth-order valence-corrected chi connectivity index (χ4v) is 4.76. The van der Waals surface area contributed by atoms with Crippen LogP contribution >= 0.6 is 0 Å². The molecule has 14 heavy (non-hydrogen) atoms. The Kier molecular flexibility index (Phi) is 4.00. The van der Waals surface area contributed by atoms with Crippen molar-refractivity contribution in [3.05, 3.63) is 0 Å². The molecule has 1 aliphatic carbocycles. The molecular formula is C11H26OSi2. The van der Waals surface area contributed by atoms with Gasteiger partial charge in [-0.2, -0.15) is 0 Å². The molecule has 0 aromatic rings. The number of hydrogen-bond acceptors (Lipinski definition) is 1. The molecule has 0 heterocycles. The first kappa shape index (κ1) is 12.5. The van der Waals surface area contributed by atoms with Gasteiger partial charge in [-0.05, 0) is 25.9 Å². The summed E-state index contributed by atoms with van der Waals surface area (Å²) >= 11 is 0. The van der Waals surface area contributed by atoms with Crippen molar-refractivity contribution >= 4 is 15.4 Å². The Balaban J connectivity index is 2.49. The lowest BCUT2D eigenvalue weighted by molar-refractivity contribution is 0.151. The molecule has 1 fully saturated rings. The Morgan fingerprint density at radius 2 is 1.36 bits per heavy atom. The maximum atomic E-state index is 6.44. The van der Waals surface area contributed by atoms with Gasteiger partial charge in [0.15, 0.2) is 7.83 Å². The zero-order valence-corrected chi connectivity index (χ0v) is 12.5. The molecule has 0 atom stereocenters. The molecule has 1 nitrogen and oxygen atoms in total. The Morgan fingerprint density at radius 1 is 0.857 bits per heavy atom. The molecule has 1 rings (SSSR count). The summed E-state index contributed by atoms with van der Waals surface area (Å²) in [4.78, 5) is 0. The van der Waals surface area contributed by atoms with Crippen molar-refractivity contribution in [2.24, 2.45) is 0 Å². The third-order valence-corrected chi connectivity index (χ3v) is 19.5. The third-order valence-electron chi connectivity index (χ3n) is 3.82. The molecule has 3 heteroatoms. The van der Waals surface area contributed by atoms with E-state index in [2.05, 4.69) is 32.7 Å². The lowest BCUT2D eigenvalue weighted by Gasteiger charge is -2.39. The first-order valence-electron chi connectivity index (χ1n) is 6.01. The van der Waals surface area contributed by atoms with Crippen LogP contribution in [0.5, 0.6) is 0 Å². The molecule has 0 aromatic carbocycles. The molecule has 0 aliphatic heterocycles. The largest absolute Gasteiger partial charge is 0.417 e. The molecule has 1 saturated carbocycles. The topological polar surface area (TPSA) is 9.23 Å². The van der Waals surface area contributed by atoms with Crippen molar-refractivity contribution in [3.8, 4) is 0 Å². The number of hydrogen-bond donors (Lipinski definition) is 0. The van der Waals surface area contributed by atoms with Gasteiger partial charge in [0, 0.05) is 6.10 Å². The summed E-state index contributed by atoms with van der Waals surface area (Å²) in [6, 6.07) is 0. The predicted molar refractivity (Wildman–Crippen MR) is 68.8 cm³/mol. The van der Waals surface area contributed by atoms with E-state index >= 15 is 0 Å². The molecule has 0 spiro atoms. The van der Waals surface area contributed by atoms with Crippen LogP contribution in [0.25, 0.3) is 0 Å². The maximum absolute atomic E-state index is 6.44. The molecule has 0 aromatic heterocycles. The molecule has 0 amide bonds. The van der Waals surface area contributed by atoms with Crippen LogP contribution in [-0.2, 0) is 4.43 Å².